The Kier molecular flexibility index (Phi) is 7.72. The average Bonchev–Trinajstić information content (AvgIpc) is 2.78. The fourth-order valence-electron chi connectivity index (χ4n) is 2.79. The van der Waals surface area contributed by atoms with Gasteiger partial charge in [-0.1, -0.05) is 49.4 Å². The third-order valence-corrected chi connectivity index (χ3v) is 4.61. The Morgan fingerprint density at radius 2 is 1.63 bits per heavy atom. The summed E-state index contributed by atoms with van der Waals surface area (Å²) in [6.07, 6.45) is 1.11. The summed E-state index contributed by atoms with van der Waals surface area (Å²) in [6.45, 7) is 4.72. The number of carbonyl (C=O) groups excluding carboxylic acids is 1. The Hall–Kier alpha value is -3.47. The maximum absolute atomic E-state index is 12.3. The Labute approximate surface area is 178 Å². The number of nitrogens with one attached hydrogen (secondary N) is 2. The second-order valence-electron chi connectivity index (χ2n) is 7.03. The lowest BCUT2D eigenvalue weighted by atomic mass is 10.2. The third kappa shape index (κ3) is 6.55. The quantitative estimate of drug-likeness (QED) is 0.469. The van der Waals surface area contributed by atoms with Crippen molar-refractivity contribution in [3.63, 3.8) is 0 Å². The van der Waals surface area contributed by atoms with Crippen LogP contribution in [-0.2, 0) is 11.4 Å². The van der Waals surface area contributed by atoms with Crippen molar-refractivity contribution in [3.05, 3.63) is 84.4 Å². The molecule has 30 heavy (non-hydrogen) atoms. The molecule has 0 heterocycles. The van der Waals surface area contributed by atoms with Crippen LogP contribution in [0.5, 0.6) is 11.5 Å². The molecule has 1 amide bonds. The molecule has 3 rings (SSSR count). The molecule has 0 aliphatic carbocycles. The first-order valence-corrected chi connectivity index (χ1v) is 10.2. The molecule has 0 bridgehead atoms. The van der Waals surface area contributed by atoms with Gasteiger partial charge in [0.25, 0.3) is 0 Å². The highest BCUT2D eigenvalue weighted by Crippen LogP contribution is 2.24. The first-order chi connectivity index (χ1) is 14.6. The van der Waals surface area contributed by atoms with E-state index in [-0.39, 0.29) is 18.6 Å². The van der Waals surface area contributed by atoms with Gasteiger partial charge in [-0.3, -0.25) is 4.79 Å². The number of amides is 1. The molecule has 5 heteroatoms. The van der Waals surface area contributed by atoms with Crippen LogP contribution in [0.1, 0.15) is 25.8 Å². The normalized spacial score (nSPS) is 11.4. The number of hydrogen-bond acceptors (Lipinski definition) is 4. The van der Waals surface area contributed by atoms with E-state index in [4.69, 9.17) is 9.47 Å². The van der Waals surface area contributed by atoms with Gasteiger partial charge in [0.2, 0.25) is 5.91 Å². The molecule has 1 unspecified atom stereocenters. The molecule has 3 aromatic carbocycles. The van der Waals surface area contributed by atoms with Crippen molar-refractivity contribution in [1.29, 1.82) is 0 Å². The van der Waals surface area contributed by atoms with Gasteiger partial charge in [0.1, 0.15) is 18.1 Å². The molecule has 5 nitrogen and oxygen atoms in total. The summed E-state index contributed by atoms with van der Waals surface area (Å²) in [5.74, 6) is 1.37. The first kappa shape index (κ1) is 21.2. The van der Waals surface area contributed by atoms with Gasteiger partial charge in [0.05, 0.1) is 18.3 Å². The lowest BCUT2D eigenvalue weighted by Crippen LogP contribution is -2.22. The van der Waals surface area contributed by atoms with E-state index in [0.717, 1.165) is 29.1 Å². The van der Waals surface area contributed by atoms with E-state index in [1.165, 1.54) is 0 Å². The molecule has 0 aromatic heterocycles. The highest BCUT2D eigenvalue weighted by atomic mass is 16.5. The topological polar surface area (TPSA) is 59.6 Å². The maximum Gasteiger partial charge on any atom is 0.243 e. The Bertz CT molecular complexity index is 927. The predicted octanol–water partition coefficient (Wildman–Crippen LogP) is 5.49. The Balaban J connectivity index is 1.51. The molecule has 0 saturated heterocycles. The predicted molar refractivity (Wildman–Crippen MR) is 121 cm³/mol. The molecule has 0 fully saturated rings. The molecule has 0 aliphatic heterocycles. The zero-order chi connectivity index (χ0) is 21.2. The van der Waals surface area contributed by atoms with Crippen molar-refractivity contribution in [2.24, 2.45) is 0 Å². The minimum atomic E-state index is -0.136. The van der Waals surface area contributed by atoms with E-state index in [1.807, 2.05) is 85.8 Å². The molecule has 1 atom stereocenters. The number of benzene rings is 3. The standard InChI is InChI=1S/C25H28N2O3/c1-3-19(2)30-22-15-13-21(14-16-22)27-25(28)17-26-23-11-7-8-12-24(23)29-18-20-9-5-4-6-10-20/h4-16,19,26H,3,17-18H2,1-2H3,(H,27,28). The monoisotopic (exact) mass is 404 g/mol. The lowest BCUT2D eigenvalue weighted by Gasteiger charge is -2.14. The van der Waals surface area contributed by atoms with Crippen LogP contribution in [0.15, 0.2) is 78.9 Å². The summed E-state index contributed by atoms with van der Waals surface area (Å²) in [6, 6.07) is 25.0. The zero-order valence-corrected chi connectivity index (χ0v) is 17.4. The van der Waals surface area contributed by atoms with Gasteiger partial charge < -0.3 is 20.1 Å². The second kappa shape index (κ2) is 10.9. The Morgan fingerprint density at radius 3 is 2.37 bits per heavy atom. The van der Waals surface area contributed by atoms with Gasteiger partial charge >= 0.3 is 0 Å². The van der Waals surface area contributed by atoms with E-state index >= 15 is 0 Å². The molecule has 0 aliphatic rings. The number of carbonyl (C=O) groups is 1. The first-order valence-electron chi connectivity index (χ1n) is 10.2. The SMILES string of the molecule is CCC(C)Oc1ccc(NC(=O)CNc2ccccc2OCc2ccccc2)cc1. The lowest BCUT2D eigenvalue weighted by molar-refractivity contribution is -0.114. The maximum atomic E-state index is 12.3. The van der Waals surface area contributed by atoms with Gasteiger partial charge in [-0.05, 0) is 55.3 Å². The molecule has 2 N–H and O–H groups in total. The smallest absolute Gasteiger partial charge is 0.243 e. The van der Waals surface area contributed by atoms with Crippen LogP contribution in [0, 0.1) is 0 Å². The zero-order valence-electron chi connectivity index (χ0n) is 17.4. The largest absolute Gasteiger partial charge is 0.491 e. The molecule has 0 radical (unpaired) electrons. The Morgan fingerprint density at radius 1 is 0.933 bits per heavy atom. The van der Waals surface area contributed by atoms with Crippen molar-refractivity contribution in [1.82, 2.24) is 0 Å². The fraction of sp³-hybridized carbons (Fsp3) is 0.240. The second-order valence-corrected chi connectivity index (χ2v) is 7.03. The third-order valence-electron chi connectivity index (χ3n) is 4.61. The summed E-state index contributed by atoms with van der Waals surface area (Å²) in [4.78, 5) is 12.3. The molecule has 0 spiro atoms. The van der Waals surface area contributed by atoms with Crippen LogP contribution in [0.3, 0.4) is 0 Å². The van der Waals surface area contributed by atoms with Crippen LogP contribution >= 0.6 is 0 Å². The van der Waals surface area contributed by atoms with Crippen molar-refractivity contribution >= 4 is 17.3 Å². The number of rotatable bonds is 10. The van der Waals surface area contributed by atoms with Gasteiger partial charge in [0.15, 0.2) is 0 Å². The summed E-state index contributed by atoms with van der Waals surface area (Å²) in [7, 11) is 0. The van der Waals surface area contributed by atoms with E-state index in [1.54, 1.807) is 0 Å². The van der Waals surface area contributed by atoms with E-state index in [2.05, 4.69) is 17.6 Å². The van der Waals surface area contributed by atoms with Crippen LogP contribution < -0.4 is 20.1 Å². The molecular formula is C25H28N2O3. The molecule has 156 valence electrons. The minimum absolute atomic E-state index is 0.136. The molecular weight excluding hydrogens is 376 g/mol. The van der Waals surface area contributed by atoms with Crippen molar-refractivity contribution in [2.75, 3.05) is 17.2 Å². The minimum Gasteiger partial charge on any atom is -0.491 e. The fourth-order valence-corrected chi connectivity index (χ4v) is 2.79. The number of para-hydroxylation sites is 2. The summed E-state index contributed by atoms with van der Waals surface area (Å²) < 4.78 is 11.7. The van der Waals surface area contributed by atoms with Crippen LogP contribution in [0.4, 0.5) is 11.4 Å². The summed E-state index contributed by atoms with van der Waals surface area (Å²) >= 11 is 0. The van der Waals surface area contributed by atoms with Crippen molar-refractivity contribution < 1.29 is 14.3 Å². The van der Waals surface area contributed by atoms with E-state index < -0.39 is 0 Å². The number of ether oxygens (including phenoxy) is 2. The van der Waals surface area contributed by atoms with Gasteiger partial charge in [-0.15, -0.1) is 0 Å². The molecule has 0 saturated carbocycles. The number of anilines is 2. The van der Waals surface area contributed by atoms with Crippen LogP contribution in [0.2, 0.25) is 0 Å². The summed E-state index contributed by atoms with van der Waals surface area (Å²) in [5, 5.41) is 6.04. The van der Waals surface area contributed by atoms with Gasteiger partial charge in [-0.25, -0.2) is 0 Å². The highest BCUT2D eigenvalue weighted by molar-refractivity contribution is 5.94. The summed E-state index contributed by atoms with van der Waals surface area (Å²) in [5.41, 5.74) is 2.60. The van der Waals surface area contributed by atoms with Crippen LogP contribution in [-0.4, -0.2) is 18.6 Å². The van der Waals surface area contributed by atoms with E-state index in [9.17, 15) is 4.79 Å². The van der Waals surface area contributed by atoms with Gasteiger partial charge in [0, 0.05) is 5.69 Å². The molecule has 3 aromatic rings. The van der Waals surface area contributed by atoms with Crippen molar-refractivity contribution in [2.45, 2.75) is 33.0 Å². The average molecular weight is 405 g/mol. The van der Waals surface area contributed by atoms with Gasteiger partial charge in [-0.2, -0.15) is 0 Å². The highest BCUT2D eigenvalue weighted by Gasteiger charge is 2.07. The number of hydrogen-bond donors (Lipinski definition) is 2. The van der Waals surface area contributed by atoms with Crippen molar-refractivity contribution in [3.8, 4) is 11.5 Å². The van der Waals surface area contributed by atoms with E-state index in [0.29, 0.717) is 12.4 Å². The van der Waals surface area contributed by atoms with Crippen LogP contribution in [0.25, 0.3) is 0 Å².